The minimum absolute atomic E-state index is 0.812. The Morgan fingerprint density at radius 1 is 1.33 bits per heavy atom. The Bertz CT molecular complexity index is 383. The van der Waals surface area contributed by atoms with Gasteiger partial charge in [0, 0.05) is 32.2 Å². The quantitative estimate of drug-likeness (QED) is 0.796. The molecule has 0 aliphatic carbocycles. The van der Waals surface area contributed by atoms with Gasteiger partial charge in [-0.3, -0.25) is 4.68 Å². The third-order valence-electron chi connectivity index (χ3n) is 3.35. The molecule has 0 bridgehead atoms. The molecule has 0 saturated carbocycles. The van der Waals surface area contributed by atoms with Crippen LogP contribution in [0.3, 0.4) is 0 Å². The summed E-state index contributed by atoms with van der Waals surface area (Å²) in [5, 5.41) is 8.03. The van der Waals surface area contributed by atoms with E-state index in [2.05, 4.69) is 29.2 Å². The predicted octanol–water partition coefficient (Wildman–Crippen LogP) is 1.06. The maximum absolute atomic E-state index is 5.42. The molecule has 1 aromatic rings. The van der Waals surface area contributed by atoms with Gasteiger partial charge in [0.05, 0.1) is 18.9 Å². The molecular weight excluding hydrogens is 228 g/mol. The molecule has 1 saturated heterocycles. The highest BCUT2D eigenvalue weighted by Crippen LogP contribution is 2.23. The first-order chi connectivity index (χ1) is 8.74. The van der Waals surface area contributed by atoms with Crippen LogP contribution in [-0.4, -0.2) is 42.6 Å². The SMILES string of the molecule is CCCNCc1c(C)nn(C)c1N1CCOCC1. The first-order valence-electron chi connectivity index (χ1n) is 6.80. The summed E-state index contributed by atoms with van der Waals surface area (Å²) < 4.78 is 7.42. The highest BCUT2D eigenvalue weighted by molar-refractivity contribution is 5.50. The number of anilines is 1. The normalized spacial score (nSPS) is 16.3. The summed E-state index contributed by atoms with van der Waals surface area (Å²) in [4.78, 5) is 2.38. The van der Waals surface area contributed by atoms with Crippen molar-refractivity contribution in [2.24, 2.45) is 7.05 Å². The number of aromatic nitrogens is 2. The van der Waals surface area contributed by atoms with Gasteiger partial charge in [-0.15, -0.1) is 0 Å². The van der Waals surface area contributed by atoms with Gasteiger partial charge in [0.15, 0.2) is 0 Å². The third kappa shape index (κ3) is 2.84. The lowest BCUT2D eigenvalue weighted by Crippen LogP contribution is -2.38. The standard InChI is InChI=1S/C13H24N4O/c1-4-5-14-10-12-11(2)15-16(3)13(12)17-6-8-18-9-7-17/h14H,4-10H2,1-3H3. The van der Waals surface area contributed by atoms with Crippen molar-refractivity contribution in [3.05, 3.63) is 11.3 Å². The lowest BCUT2D eigenvalue weighted by molar-refractivity contribution is 0.122. The molecule has 1 N–H and O–H groups in total. The Balaban J connectivity index is 2.15. The lowest BCUT2D eigenvalue weighted by atomic mass is 10.2. The number of hydrogen-bond donors (Lipinski definition) is 1. The number of hydrogen-bond acceptors (Lipinski definition) is 4. The van der Waals surface area contributed by atoms with Crippen molar-refractivity contribution in [1.29, 1.82) is 0 Å². The highest BCUT2D eigenvalue weighted by atomic mass is 16.5. The van der Waals surface area contributed by atoms with Crippen molar-refractivity contribution in [2.45, 2.75) is 26.8 Å². The molecule has 5 heteroatoms. The molecule has 0 unspecified atom stereocenters. The van der Waals surface area contributed by atoms with Crippen LogP contribution < -0.4 is 10.2 Å². The van der Waals surface area contributed by atoms with E-state index in [-0.39, 0.29) is 0 Å². The van der Waals surface area contributed by atoms with Crippen molar-refractivity contribution in [1.82, 2.24) is 15.1 Å². The van der Waals surface area contributed by atoms with Gasteiger partial charge in [-0.1, -0.05) is 6.92 Å². The molecule has 0 atom stereocenters. The molecule has 0 amide bonds. The smallest absolute Gasteiger partial charge is 0.131 e. The minimum Gasteiger partial charge on any atom is -0.378 e. The molecule has 102 valence electrons. The minimum atomic E-state index is 0.812. The van der Waals surface area contributed by atoms with Crippen molar-refractivity contribution in [2.75, 3.05) is 37.7 Å². The molecule has 2 rings (SSSR count). The van der Waals surface area contributed by atoms with Crippen LogP contribution in [0, 0.1) is 6.92 Å². The van der Waals surface area contributed by atoms with E-state index in [4.69, 9.17) is 4.74 Å². The Hall–Kier alpha value is -1.07. The Morgan fingerprint density at radius 2 is 2.06 bits per heavy atom. The van der Waals surface area contributed by atoms with E-state index < -0.39 is 0 Å². The number of ether oxygens (including phenoxy) is 1. The van der Waals surface area contributed by atoms with Crippen LogP contribution in [0.2, 0.25) is 0 Å². The van der Waals surface area contributed by atoms with Crippen LogP contribution in [-0.2, 0) is 18.3 Å². The summed E-state index contributed by atoms with van der Waals surface area (Å²) in [6, 6.07) is 0. The van der Waals surface area contributed by atoms with Crippen molar-refractivity contribution in [3.63, 3.8) is 0 Å². The van der Waals surface area contributed by atoms with Crippen molar-refractivity contribution < 1.29 is 4.74 Å². The molecule has 1 fully saturated rings. The van der Waals surface area contributed by atoms with E-state index in [1.165, 1.54) is 11.4 Å². The summed E-state index contributed by atoms with van der Waals surface area (Å²) in [5.41, 5.74) is 2.45. The summed E-state index contributed by atoms with van der Waals surface area (Å²) >= 11 is 0. The Labute approximate surface area is 109 Å². The maximum Gasteiger partial charge on any atom is 0.131 e. The van der Waals surface area contributed by atoms with Crippen molar-refractivity contribution >= 4 is 5.82 Å². The van der Waals surface area contributed by atoms with Gasteiger partial charge in [0.25, 0.3) is 0 Å². The van der Waals surface area contributed by atoms with E-state index in [1.807, 2.05) is 11.7 Å². The fraction of sp³-hybridized carbons (Fsp3) is 0.769. The molecule has 1 aliphatic rings. The summed E-state index contributed by atoms with van der Waals surface area (Å²) in [7, 11) is 2.03. The number of nitrogens with one attached hydrogen (secondary N) is 1. The van der Waals surface area contributed by atoms with Crippen LogP contribution in [0.4, 0.5) is 5.82 Å². The zero-order valence-corrected chi connectivity index (χ0v) is 11.7. The molecule has 0 spiro atoms. The van der Waals surface area contributed by atoms with E-state index >= 15 is 0 Å². The van der Waals surface area contributed by atoms with Crippen LogP contribution in [0.15, 0.2) is 0 Å². The van der Waals surface area contributed by atoms with Crippen LogP contribution in [0.1, 0.15) is 24.6 Å². The van der Waals surface area contributed by atoms with E-state index in [9.17, 15) is 0 Å². The van der Waals surface area contributed by atoms with Crippen LogP contribution >= 0.6 is 0 Å². The van der Waals surface area contributed by atoms with Gasteiger partial charge in [-0.25, -0.2) is 0 Å². The van der Waals surface area contributed by atoms with E-state index in [1.54, 1.807) is 0 Å². The Morgan fingerprint density at radius 3 is 2.72 bits per heavy atom. The number of aryl methyl sites for hydroxylation is 2. The van der Waals surface area contributed by atoms with E-state index in [0.717, 1.165) is 51.5 Å². The Kier molecular flexibility index (Phi) is 4.60. The molecule has 0 radical (unpaired) electrons. The molecule has 5 nitrogen and oxygen atoms in total. The second-order valence-electron chi connectivity index (χ2n) is 4.79. The van der Waals surface area contributed by atoms with Gasteiger partial charge in [-0.05, 0) is 19.9 Å². The number of morpholine rings is 1. The van der Waals surface area contributed by atoms with Gasteiger partial charge in [0.1, 0.15) is 5.82 Å². The maximum atomic E-state index is 5.42. The van der Waals surface area contributed by atoms with Crippen LogP contribution in [0.5, 0.6) is 0 Å². The fourth-order valence-corrected chi connectivity index (χ4v) is 2.46. The molecule has 18 heavy (non-hydrogen) atoms. The van der Waals surface area contributed by atoms with Gasteiger partial charge in [-0.2, -0.15) is 5.10 Å². The number of nitrogens with zero attached hydrogens (tertiary/aromatic N) is 3. The molecular formula is C13H24N4O. The van der Waals surface area contributed by atoms with E-state index in [0.29, 0.717) is 0 Å². The zero-order chi connectivity index (χ0) is 13.0. The van der Waals surface area contributed by atoms with Crippen LogP contribution in [0.25, 0.3) is 0 Å². The fourth-order valence-electron chi connectivity index (χ4n) is 2.46. The second kappa shape index (κ2) is 6.20. The second-order valence-corrected chi connectivity index (χ2v) is 4.79. The molecule has 1 aromatic heterocycles. The summed E-state index contributed by atoms with van der Waals surface area (Å²) in [5.74, 6) is 1.25. The topological polar surface area (TPSA) is 42.3 Å². The average molecular weight is 252 g/mol. The zero-order valence-electron chi connectivity index (χ0n) is 11.7. The largest absolute Gasteiger partial charge is 0.378 e. The summed E-state index contributed by atoms with van der Waals surface area (Å²) in [6.07, 6.45) is 1.16. The summed E-state index contributed by atoms with van der Waals surface area (Å²) in [6.45, 7) is 9.77. The molecule has 0 aromatic carbocycles. The monoisotopic (exact) mass is 252 g/mol. The lowest BCUT2D eigenvalue weighted by Gasteiger charge is -2.29. The first-order valence-corrected chi connectivity index (χ1v) is 6.80. The van der Waals surface area contributed by atoms with Gasteiger partial charge < -0.3 is 15.0 Å². The van der Waals surface area contributed by atoms with Gasteiger partial charge in [0.2, 0.25) is 0 Å². The third-order valence-corrected chi connectivity index (χ3v) is 3.35. The predicted molar refractivity (Wildman–Crippen MR) is 73.0 cm³/mol. The average Bonchev–Trinajstić information content (AvgIpc) is 2.66. The highest BCUT2D eigenvalue weighted by Gasteiger charge is 2.20. The molecule has 2 heterocycles. The van der Waals surface area contributed by atoms with Crippen molar-refractivity contribution in [3.8, 4) is 0 Å². The van der Waals surface area contributed by atoms with Gasteiger partial charge >= 0.3 is 0 Å². The number of rotatable bonds is 5. The molecule has 1 aliphatic heterocycles. The first kappa shape index (κ1) is 13.4.